The summed E-state index contributed by atoms with van der Waals surface area (Å²) in [5, 5.41) is 11.7. The third-order valence-corrected chi connectivity index (χ3v) is 6.79. The van der Waals surface area contributed by atoms with Crippen molar-refractivity contribution in [1.82, 2.24) is 0 Å². The molecule has 0 unspecified atom stereocenters. The van der Waals surface area contributed by atoms with Crippen LogP contribution in [0.1, 0.15) is 30.5 Å². The van der Waals surface area contributed by atoms with Crippen LogP contribution in [-0.2, 0) is 16.1 Å². The summed E-state index contributed by atoms with van der Waals surface area (Å²) < 4.78 is 17.0. The molecule has 0 aliphatic carbocycles. The summed E-state index contributed by atoms with van der Waals surface area (Å²) in [5.41, 5.74) is 3.53. The number of aliphatic hydroxyl groups excluding tert-OH is 1. The summed E-state index contributed by atoms with van der Waals surface area (Å²) >= 11 is 7.81. The summed E-state index contributed by atoms with van der Waals surface area (Å²) in [6.45, 7) is 6.55. The second-order valence-electron chi connectivity index (χ2n) is 8.34. The van der Waals surface area contributed by atoms with Crippen LogP contribution in [0.15, 0.2) is 88.0 Å². The number of benzene rings is 3. The van der Waals surface area contributed by atoms with Crippen LogP contribution in [0.2, 0.25) is 5.02 Å². The first kappa shape index (κ1) is 27.4. The van der Waals surface area contributed by atoms with Gasteiger partial charge in [-0.3, -0.25) is 0 Å². The third kappa shape index (κ3) is 6.60. The summed E-state index contributed by atoms with van der Waals surface area (Å²) in [6, 6.07) is 20.8. The van der Waals surface area contributed by atoms with Crippen LogP contribution >= 0.6 is 23.4 Å². The Kier molecular flexibility index (Phi) is 9.15. The van der Waals surface area contributed by atoms with Crippen molar-refractivity contribution in [2.75, 3.05) is 13.2 Å². The number of aliphatic hydroxyl groups is 1. The van der Waals surface area contributed by atoms with Crippen molar-refractivity contribution < 1.29 is 24.1 Å². The van der Waals surface area contributed by atoms with Gasteiger partial charge in [-0.15, -0.1) is 0 Å². The maximum absolute atomic E-state index is 12.7. The molecule has 6 nitrogen and oxygen atoms in total. The lowest BCUT2D eigenvalue weighted by atomic mass is 10.1. The molecule has 3 aromatic carbocycles. The molecule has 1 N–H and O–H groups in total. The minimum Gasteiger partial charge on any atom is -0.506 e. The summed E-state index contributed by atoms with van der Waals surface area (Å²) in [5.74, 6) is 0.0863. The van der Waals surface area contributed by atoms with Gasteiger partial charge in [-0.2, -0.15) is 0 Å². The molecule has 0 bridgehead atoms. The van der Waals surface area contributed by atoms with Crippen molar-refractivity contribution in [3.05, 3.63) is 105 Å². The number of hydrogen-bond donors (Lipinski definition) is 1. The van der Waals surface area contributed by atoms with Gasteiger partial charge in [-0.25, -0.2) is 9.79 Å². The van der Waals surface area contributed by atoms with Gasteiger partial charge in [-0.05, 0) is 62.2 Å². The molecule has 0 amide bonds. The Hall–Kier alpha value is -3.68. The molecule has 0 spiro atoms. The standard InChI is InChI=1S/C30H28ClNO5S/c1-4-35-24-16-21(15-23(31)28(24)37-18-20-13-11-19(3)12-14-20)17-25-27(33)26(30(34)36-5-2)29(38-25)32-22-9-7-6-8-10-22/h6-17,33H,4-5,18H2,1-3H3/b25-17-,32-29?. The van der Waals surface area contributed by atoms with E-state index in [1.807, 2.05) is 68.4 Å². The van der Waals surface area contributed by atoms with Crippen molar-refractivity contribution in [2.24, 2.45) is 4.99 Å². The summed E-state index contributed by atoms with van der Waals surface area (Å²) in [4.78, 5) is 17.7. The number of thioether (sulfide) groups is 1. The van der Waals surface area contributed by atoms with Crippen LogP contribution in [0, 0.1) is 6.92 Å². The van der Waals surface area contributed by atoms with Crippen molar-refractivity contribution in [1.29, 1.82) is 0 Å². The number of hydrogen-bond acceptors (Lipinski definition) is 7. The second kappa shape index (κ2) is 12.7. The molecule has 0 saturated heterocycles. The van der Waals surface area contributed by atoms with E-state index in [9.17, 15) is 9.90 Å². The average Bonchev–Trinajstić information content (AvgIpc) is 3.19. The number of carbonyl (C=O) groups excluding carboxylic acids is 1. The molecule has 38 heavy (non-hydrogen) atoms. The number of aryl methyl sites for hydroxylation is 1. The Balaban J connectivity index is 1.67. The lowest BCUT2D eigenvalue weighted by Crippen LogP contribution is -2.12. The highest BCUT2D eigenvalue weighted by atomic mass is 35.5. The topological polar surface area (TPSA) is 77.4 Å². The zero-order chi connectivity index (χ0) is 27.1. The Morgan fingerprint density at radius 3 is 2.45 bits per heavy atom. The lowest BCUT2D eigenvalue weighted by Gasteiger charge is -2.15. The number of halogens is 1. The van der Waals surface area contributed by atoms with Crippen molar-refractivity contribution in [2.45, 2.75) is 27.4 Å². The van der Waals surface area contributed by atoms with Gasteiger partial charge >= 0.3 is 5.97 Å². The van der Waals surface area contributed by atoms with Gasteiger partial charge in [0.1, 0.15) is 23.0 Å². The first-order valence-electron chi connectivity index (χ1n) is 12.2. The zero-order valence-electron chi connectivity index (χ0n) is 21.4. The van der Waals surface area contributed by atoms with Crippen LogP contribution in [0.4, 0.5) is 5.69 Å². The number of ether oxygens (including phenoxy) is 3. The molecule has 8 heteroatoms. The predicted molar refractivity (Wildman–Crippen MR) is 154 cm³/mol. The summed E-state index contributed by atoms with van der Waals surface area (Å²) in [7, 11) is 0. The monoisotopic (exact) mass is 549 g/mol. The van der Waals surface area contributed by atoms with E-state index >= 15 is 0 Å². The number of esters is 1. The van der Waals surface area contributed by atoms with E-state index in [0.717, 1.165) is 5.56 Å². The SMILES string of the molecule is CCOC(=O)C1=C(O)/C(=C/c2cc(Cl)c(OCc3ccc(C)cc3)c(OCC)c2)SC1=Nc1ccccc1. The molecule has 196 valence electrons. The Morgan fingerprint density at radius 1 is 1.03 bits per heavy atom. The Morgan fingerprint density at radius 2 is 1.76 bits per heavy atom. The molecule has 1 aliphatic heterocycles. The fourth-order valence-corrected chi connectivity index (χ4v) is 4.99. The normalized spacial score (nSPS) is 15.3. The van der Waals surface area contributed by atoms with E-state index in [0.29, 0.717) is 50.9 Å². The van der Waals surface area contributed by atoms with Crippen molar-refractivity contribution in [3.63, 3.8) is 0 Å². The molecule has 1 heterocycles. The van der Waals surface area contributed by atoms with Gasteiger partial charge in [0.15, 0.2) is 11.5 Å². The number of para-hydroxylation sites is 1. The molecule has 0 aromatic heterocycles. The quantitative estimate of drug-likeness (QED) is 0.274. The van der Waals surface area contributed by atoms with Crippen LogP contribution < -0.4 is 9.47 Å². The fraction of sp³-hybridized carbons (Fsp3) is 0.200. The van der Waals surface area contributed by atoms with E-state index in [1.54, 1.807) is 25.1 Å². The fourth-order valence-electron chi connectivity index (χ4n) is 3.68. The van der Waals surface area contributed by atoms with E-state index < -0.39 is 5.97 Å². The van der Waals surface area contributed by atoms with Crippen LogP contribution in [0.3, 0.4) is 0 Å². The van der Waals surface area contributed by atoms with Gasteiger partial charge < -0.3 is 19.3 Å². The molecule has 3 aromatic rings. The van der Waals surface area contributed by atoms with Crippen LogP contribution in [0.5, 0.6) is 11.5 Å². The largest absolute Gasteiger partial charge is 0.506 e. The highest BCUT2D eigenvalue weighted by Crippen LogP contribution is 2.42. The molecular formula is C30H28ClNO5S. The number of rotatable bonds is 9. The maximum atomic E-state index is 12.7. The van der Waals surface area contributed by atoms with E-state index in [2.05, 4.69) is 4.99 Å². The minimum atomic E-state index is -0.636. The molecule has 1 aliphatic rings. The summed E-state index contributed by atoms with van der Waals surface area (Å²) in [6.07, 6.45) is 1.73. The highest BCUT2D eigenvalue weighted by Gasteiger charge is 2.33. The number of nitrogens with zero attached hydrogens (tertiary/aromatic N) is 1. The predicted octanol–water partition coefficient (Wildman–Crippen LogP) is 7.82. The maximum Gasteiger partial charge on any atom is 0.344 e. The average molecular weight is 550 g/mol. The first-order valence-corrected chi connectivity index (χ1v) is 13.4. The van der Waals surface area contributed by atoms with Crippen molar-refractivity contribution >= 4 is 46.1 Å². The Bertz CT molecular complexity index is 1400. The van der Waals surface area contributed by atoms with Gasteiger partial charge in [0, 0.05) is 0 Å². The van der Waals surface area contributed by atoms with Gasteiger partial charge in [0.25, 0.3) is 0 Å². The number of carbonyl (C=O) groups is 1. The van der Waals surface area contributed by atoms with Crippen LogP contribution in [-0.4, -0.2) is 29.3 Å². The smallest absolute Gasteiger partial charge is 0.344 e. The second-order valence-corrected chi connectivity index (χ2v) is 9.78. The first-order chi connectivity index (χ1) is 18.4. The Labute approximate surface area is 231 Å². The van der Waals surface area contributed by atoms with E-state index in [1.165, 1.54) is 17.3 Å². The molecule has 0 saturated carbocycles. The number of aliphatic imine (C=N–C) groups is 1. The van der Waals surface area contributed by atoms with E-state index in [-0.39, 0.29) is 17.9 Å². The van der Waals surface area contributed by atoms with Gasteiger partial charge in [0.05, 0.1) is 28.8 Å². The molecule has 0 radical (unpaired) electrons. The minimum absolute atomic E-state index is 0.0288. The molecule has 4 rings (SSSR count). The molecule has 0 fully saturated rings. The van der Waals surface area contributed by atoms with Gasteiger partial charge in [-0.1, -0.05) is 71.4 Å². The molecular weight excluding hydrogens is 522 g/mol. The third-order valence-electron chi connectivity index (χ3n) is 5.49. The van der Waals surface area contributed by atoms with Crippen molar-refractivity contribution in [3.8, 4) is 11.5 Å². The van der Waals surface area contributed by atoms with Crippen LogP contribution in [0.25, 0.3) is 6.08 Å². The van der Waals surface area contributed by atoms with E-state index in [4.69, 9.17) is 25.8 Å². The lowest BCUT2D eigenvalue weighted by molar-refractivity contribution is -0.138. The van der Waals surface area contributed by atoms with Gasteiger partial charge in [0.2, 0.25) is 0 Å². The zero-order valence-corrected chi connectivity index (χ0v) is 22.9. The molecule has 0 atom stereocenters. The highest BCUT2D eigenvalue weighted by molar-refractivity contribution is 8.18.